The highest BCUT2D eigenvalue weighted by atomic mass is 16.6. The van der Waals surface area contributed by atoms with Crippen LogP contribution in [-0.2, 0) is 19.2 Å². The average Bonchev–Trinajstić information content (AvgIpc) is 3.19. The number of primary amides is 1. The van der Waals surface area contributed by atoms with Gasteiger partial charge in [0.15, 0.2) is 0 Å². The second kappa shape index (κ2) is 29.7. The number of hydrogen-bond acceptors (Lipinski definition) is 7. The Labute approximate surface area is 339 Å². The maximum Gasteiger partial charge on any atom is 0.251 e. The molecule has 1 aromatic carbocycles. The zero-order valence-corrected chi connectivity index (χ0v) is 35.8. The Hall–Kier alpha value is -3.47. The predicted octanol–water partition coefficient (Wildman–Crippen LogP) is 8.04. The fourth-order valence-electron chi connectivity index (χ4n) is 7.36. The lowest BCUT2D eigenvalue weighted by atomic mass is 9.93. The summed E-state index contributed by atoms with van der Waals surface area (Å²) < 4.78 is 0. The Kier molecular flexibility index (Phi) is 25.8. The number of nitrogens with two attached hydrogens (primary N) is 1. The highest BCUT2D eigenvalue weighted by Crippen LogP contribution is 2.22. The number of piperidine rings is 1. The number of carbonyl (C=O) groups is 4. The third kappa shape index (κ3) is 21.2. The molecule has 0 spiro atoms. The number of unbranched alkanes of at least 4 members (excludes halogenated alkanes) is 13. The van der Waals surface area contributed by atoms with E-state index in [1.54, 1.807) is 19.2 Å². The molecule has 318 valence electrons. The molecule has 4 amide bonds. The van der Waals surface area contributed by atoms with Crippen molar-refractivity contribution in [1.82, 2.24) is 20.9 Å². The topological polar surface area (TPSA) is 155 Å². The van der Waals surface area contributed by atoms with Crippen molar-refractivity contribution in [1.29, 1.82) is 0 Å². The number of benzene rings is 1. The summed E-state index contributed by atoms with van der Waals surface area (Å²) in [6.07, 6.45) is 23.1. The minimum Gasteiger partial charge on any atom is -0.396 e. The third-order valence-corrected chi connectivity index (χ3v) is 11.1. The number of rotatable bonds is 31. The molecule has 0 unspecified atom stereocenters. The summed E-state index contributed by atoms with van der Waals surface area (Å²) in [5.41, 5.74) is 7.71. The number of oxime groups is 1. The van der Waals surface area contributed by atoms with Gasteiger partial charge in [-0.1, -0.05) is 115 Å². The van der Waals surface area contributed by atoms with E-state index in [4.69, 9.17) is 10.6 Å². The van der Waals surface area contributed by atoms with Crippen molar-refractivity contribution in [3.63, 3.8) is 0 Å². The molecule has 2 atom stereocenters. The quantitative estimate of drug-likeness (QED) is 0.0340. The molecule has 0 aliphatic carbocycles. The molecule has 11 nitrogen and oxygen atoms in total. The minimum atomic E-state index is -0.749. The number of likely N-dealkylation sites (tertiary alicyclic amines) is 1. The van der Waals surface area contributed by atoms with Crippen LogP contribution in [0.15, 0.2) is 29.4 Å². The van der Waals surface area contributed by atoms with Gasteiger partial charge in [0.1, 0.15) is 12.6 Å². The van der Waals surface area contributed by atoms with Gasteiger partial charge >= 0.3 is 0 Å². The van der Waals surface area contributed by atoms with Gasteiger partial charge in [0.25, 0.3) is 5.91 Å². The van der Waals surface area contributed by atoms with Gasteiger partial charge < -0.3 is 31.4 Å². The van der Waals surface area contributed by atoms with Crippen molar-refractivity contribution in [2.75, 3.05) is 33.3 Å². The van der Waals surface area contributed by atoms with Crippen LogP contribution in [0, 0.1) is 11.8 Å². The third-order valence-electron chi connectivity index (χ3n) is 11.1. The largest absolute Gasteiger partial charge is 0.396 e. The number of carbonyl (C=O) groups excluding carboxylic acids is 4. The van der Waals surface area contributed by atoms with E-state index in [1.165, 1.54) is 77.0 Å². The summed E-state index contributed by atoms with van der Waals surface area (Å²) in [6, 6.07) is 6.13. The smallest absolute Gasteiger partial charge is 0.251 e. The lowest BCUT2D eigenvalue weighted by Crippen LogP contribution is -2.51. The number of nitrogens with zero attached hydrogens (tertiary/aromatic N) is 2. The molecule has 0 aromatic heterocycles. The maximum absolute atomic E-state index is 12.8. The Bertz CT molecular complexity index is 1280. The van der Waals surface area contributed by atoms with E-state index in [2.05, 4.69) is 32.9 Å². The standard InChI is InChI=1S/C45H78N6O5/c1-6-7-8-9-10-11-12-13-14-15-16-17-18-22-42(52)51-31-27-37(28-32-51)29-33-56-50-36(4)38-23-25-39(26-24-38)44(54)48-30-20-19-21-40(43(46)53)49-45(55)41(47-5)34-35(2)3/h23-26,35,37,40-41,47H,6-22,27-34H2,1-5H3,(H2,46,53)(H,48,54)(H,49,55)/b50-36+/t40-,41-/m0/s1. The summed E-state index contributed by atoms with van der Waals surface area (Å²) in [7, 11) is 1.73. The molecule has 2 rings (SSSR count). The summed E-state index contributed by atoms with van der Waals surface area (Å²) in [5, 5.41) is 13.0. The van der Waals surface area contributed by atoms with Crippen LogP contribution in [0.2, 0.25) is 0 Å². The Morgan fingerprint density at radius 1 is 0.821 bits per heavy atom. The Morgan fingerprint density at radius 2 is 1.39 bits per heavy atom. The molecule has 1 aliphatic rings. The molecule has 56 heavy (non-hydrogen) atoms. The van der Waals surface area contributed by atoms with E-state index in [0.717, 1.165) is 50.0 Å². The first-order valence-electron chi connectivity index (χ1n) is 22.2. The van der Waals surface area contributed by atoms with Crippen LogP contribution >= 0.6 is 0 Å². The summed E-state index contributed by atoms with van der Waals surface area (Å²) in [5.74, 6) is 0.213. The van der Waals surface area contributed by atoms with Crippen molar-refractivity contribution < 1.29 is 24.0 Å². The van der Waals surface area contributed by atoms with E-state index in [9.17, 15) is 19.2 Å². The predicted molar refractivity (Wildman–Crippen MR) is 228 cm³/mol. The number of nitrogens with one attached hydrogen (secondary N) is 3. The van der Waals surface area contributed by atoms with Crippen LogP contribution in [0.5, 0.6) is 0 Å². The fourth-order valence-corrected chi connectivity index (χ4v) is 7.36. The first-order chi connectivity index (χ1) is 27.0. The number of likely N-dealkylation sites (N-methyl/N-ethyl adjacent to an activating group) is 1. The summed E-state index contributed by atoms with van der Waals surface area (Å²) in [6.45, 7) is 10.9. The van der Waals surface area contributed by atoms with Crippen molar-refractivity contribution in [3.05, 3.63) is 35.4 Å². The Morgan fingerprint density at radius 3 is 1.95 bits per heavy atom. The highest BCUT2D eigenvalue weighted by molar-refractivity contribution is 6.00. The van der Waals surface area contributed by atoms with E-state index in [-0.39, 0.29) is 17.9 Å². The molecule has 1 aliphatic heterocycles. The fraction of sp³-hybridized carbons (Fsp3) is 0.756. The van der Waals surface area contributed by atoms with Crippen molar-refractivity contribution in [2.45, 2.75) is 175 Å². The molecular formula is C45H78N6O5. The van der Waals surface area contributed by atoms with Gasteiger partial charge in [0.05, 0.1) is 11.8 Å². The van der Waals surface area contributed by atoms with Gasteiger partial charge in [0, 0.05) is 31.6 Å². The zero-order valence-electron chi connectivity index (χ0n) is 35.8. The van der Waals surface area contributed by atoms with Gasteiger partial charge in [0.2, 0.25) is 17.7 Å². The van der Waals surface area contributed by atoms with Crippen LogP contribution < -0.4 is 21.7 Å². The average molecular weight is 783 g/mol. The van der Waals surface area contributed by atoms with Gasteiger partial charge in [-0.25, -0.2) is 0 Å². The molecule has 0 saturated carbocycles. The van der Waals surface area contributed by atoms with E-state index < -0.39 is 11.9 Å². The maximum atomic E-state index is 12.8. The minimum absolute atomic E-state index is 0.181. The lowest BCUT2D eigenvalue weighted by Gasteiger charge is -2.32. The molecule has 0 bridgehead atoms. The summed E-state index contributed by atoms with van der Waals surface area (Å²) >= 11 is 0. The van der Waals surface area contributed by atoms with Crippen LogP contribution in [0.3, 0.4) is 0 Å². The molecule has 0 radical (unpaired) electrons. The van der Waals surface area contributed by atoms with Crippen LogP contribution in [0.25, 0.3) is 0 Å². The van der Waals surface area contributed by atoms with Crippen LogP contribution in [0.1, 0.15) is 178 Å². The van der Waals surface area contributed by atoms with E-state index in [1.807, 2.05) is 32.9 Å². The lowest BCUT2D eigenvalue weighted by molar-refractivity contribution is -0.132. The van der Waals surface area contributed by atoms with Gasteiger partial charge in [-0.15, -0.1) is 0 Å². The first kappa shape index (κ1) is 48.7. The second-order valence-corrected chi connectivity index (χ2v) is 16.4. The zero-order chi connectivity index (χ0) is 41.0. The monoisotopic (exact) mass is 783 g/mol. The van der Waals surface area contributed by atoms with Crippen molar-refractivity contribution in [3.8, 4) is 0 Å². The van der Waals surface area contributed by atoms with Gasteiger partial charge in [-0.2, -0.15) is 0 Å². The number of amides is 4. The van der Waals surface area contributed by atoms with E-state index in [0.29, 0.717) is 68.6 Å². The van der Waals surface area contributed by atoms with Gasteiger partial charge in [-0.05, 0) is 94.9 Å². The second-order valence-electron chi connectivity index (χ2n) is 16.4. The molecule has 1 saturated heterocycles. The van der Waals surface area contributed by atoms with Crippen LogP contribution in [0.4, 0.5) is 0 Å². The molecule has 1 heterocycles. The van der Waals surface area contributed by atoms with E-state index >= 15 is 0 Å². The normalized spacial score (nSPS) is 14.8. The SMILES string of the molecule is CCCCCCCCCCCCCCCC(=O)N1CCC(CCO/N=C(\C)c2ccc(C(=O)NCCCC[C@H](NC(=O)[C@H](CC(C)C)NC)C(N)=O)cc2)CC1. The molecule has 1 fully saturated rings. The molecular weight excluding hydrogens is 705 g/mol. The first-order valence-corrected chi connectivity index (χ1v) is 22.2. The molecule has 1 aromatic rings. The van der Waals surface area contributed by atoms with Crippen LogP contribution in [-0.4, -0.2) is 79.6 Å². The summed E-state index contributed by atoms with van der Waals surface area (Å²) in [4.78, 5) is 57.7. The van der Waals surface area contributed by atoms with Gasteiger partial charge in [-0.3, -0.25) is 19.2 Å². The van der Waals surface area contributed by atoms with Crippen molar-refractivity contribution >= 4 is 29.3 Å². The molecule has 5 N–H and O–H groups in total. The number of hydrogen-bond donors (Lipinski definition) is 4. The highest BCUT2D eigenvalue weighted by Gasteiger charge is 2.24. The molecule has 11 heteroatoms. The Balaban J connectivity index is 1.55. The van der Waals surface area contributed by atoms with Crippen molar-refractivity contribution in [2.24, 2.45) is 22.7 Å².